The van der Waals surface area contributed by atoms with E-state index in [9.17, 15) is 48.4 Å². The minimum absolute atomic E-state index is 0.0670. The summed E-state index contributed by atoms with van der Waals surface area (Å²) < 4.78 is 116. The van der Waals surface area contributed by atoms with Crippen LogP contribution in [0.5, 0.6) is 0 Å². The summed E-state index contributed by atoms with van der Waals surface area (Å²) in [7, 11) is -8.23. The Bertz CT molecular complexity index is 2090. The number of amides is 2. The summed E-state index contributed by atoms with van der Waals surface area (Å²) in [4.78, 5) is 28.0. The van der Waals surface area contributed by atoms with Crippen LogP contribution in [0, 0.1) is 11.6 Å². The minimum atomic E-state index is -4.58. The van der Waals surface area contributed by atoms with E-state index in [0.29, 0.717) is 18.0 Å². The van der Waals surface area contributed by atoms with Crippen LogP contribution in [0.4, 0.5) is 33.7 Å². The molecule has 0 spiro atoms. The fourth-order valence-electron chi connectivity index (χ4n) is 3.91. The number of nitrogens with zero attached hydrogens (tertiary/aromatic N) is 2. The number of sulfone groups is 2. The monoisotopic (exact) mass is 758 g/mol. The van der Waals surface area contributed by atoms with Crippen molar-refractivity contribution in [1.82, 2.24) is 10.1 Å². The Morgan fingerprint density at radius 3 is 1.45 bits per heavy atom. The fraction of sp³-hybridized carbons (Fsp3) is 0.333. The zero-order valence-corrected chi connectivity index (χ0v) is 30.0. The average Bonchev–Trinajstić information content (AvgIpc) is 3.51. The van der Waals surface area contributed by atoms with Crippen LogP contribution in [0.2, 0.25) is 0 Å². The van der Waals surface area contributed by atoms with Crippen molar-refractivity contribution in [3.05, 3.63) is 95.8 Å². The summed E-state index contributed by atoms with van der Waals surface area (Å²) >= 11 is 0. The van der Waals surface area contributed by atoms with Crippen LogP contribution < -0.4 is 10.6 Å². The van der Waals surface area contributed by atoms with Crippen LogP contribution in [0.3, 0.4) is 0 Å². The Hall–Kier alpha value is -4.71. The molecule has 2 amide bonds. The van der Waals surface area contributed by atoms with E-state index >= 15 is 0 Å². The number of rotatable bonds is 8. The third-order valence-corrected chi connectivity index (χ3v) is 12.4. The van der Waals surface area contributed by atoms with E-state index in [1.54, 1.807) is 6.07 Å². The van der Waals surface area contributed by atoms with E-state index in [1.807, 2.05) is 20.8 Å². The predicted molar refractivity (Wildman–Crippen MR) is 177 cm³/mol. The van der Waals surface area contributed by atoms with Crippen LogP contribution >= 0.6 is 0 Å². The maximum absolute atomic E-state index is 13.0. The molecule has 0 fully saturated rings. The van der Waals surface area contributed by atoms with E-state index in [-0.39, 0.29) is 26.9 Å². The number of hydrogen-bond acceptors (Lipinski definition) is 9. The molecule has 11 nitrogen and oxygen atoms in total. The first-order chi connectivity index (χ1) is 23.2. The van der Waals surface area contributed by atoms with Gasteiger partial charge in [0.15, 0.2) is 19.7 Å². The summed E-state index contributed by atoms with van der Waals surface area (Å²) in [6.07, 6.45) is -4.06. The van der Waals surface area contributed by atoms with E-state index in [2.05, 4.69) is 20.8 Å². The number of pyridine rings is 1. The Balaban J connectivity index is 0.000000276. The second-order valence-corrected chi connectivity index (χ2v) is 18.1. The lowest BCUT2D eigenvalue weighted by molar-refractivity contribution is -0.137. The molecule has 4 aromatic rings. The lowest BCUT2D eigenvalue weighted by Gasteiger charge is -2.23. The summed E-state index contributed by atoms with van der Waals surface area (Å²) in [6, 6.07) is 11.4. The van der Waals surface area contributed by atoms with Crippen LogP contribution in [-0.4, -0.2) is 48.3 Å². The number of nitrogens with one attached hydrogen (secondary N) is 2. The lowest BCUT2D eigenvalue weighted by Crippen LogP contribution is -2.44. The van der Waals surface area contributed by atoms with Crippen LogP contribution in [0.25, 0.3) is 0 Å². The number of alkyl halides is 3. The molecule has 0 bridgehead atoms. The van der Waals surface area contributed by atoms with Crippen LogP contribution in [0.15, 0.2) is 87.2 Å². The molecule has 4 rings (SSSR count). The molecule has 51 heavy (non-hydrogen) atoms. The predicted octanol–water partition coefficient (Wildman–Crippen LogP) is 6.73. The highest BCUT2D eigenvalue weighted by atomic mass is 32.2. The van der Waals surface area contributed by atoms with Gasteiger partial charge in [0.1, 0.15) is 26.9 Å². The van der Waals surface area contributed by atoms with E-state index in [0.717, 1.165) is 68.4 Å². The molecule has 2 heterocycles. The van der Waals surface area contributed by atoms with Gasteiger partial charge in [-0.3, -0.25) is 14.9 Å². The number of carbonyl (C=O) groups is 2. The maximum atomic E-state index is 13.0. The van der Waals surface area contributed by atoms with Crippen molar-refractivity contribution in [1.29, 1.82) is 0 Å². The first-order valence-corrected chi connectivity index (χ1v) is 17.8. The Kier molecular flexibility index (Phi) is 11.6. The second kappa shape index (κ2) is 14.5. The second-order valence-electron chi connectivity index (χ2n) is 13.1. The maximum Gasteiger partial charge on any atom is 0.417 e. The summed E-state index contributed by atoms with van der Waals surface area (Å²) in [5, 5.41) is 8.49. The van der Waals surface area contributed by atoms with Gasteiger partial charge in [-0.1, -0.05) is 25.9 Å². The molecule has 0 atom stereocenters. The molecular formula is C33H35F5N4O7S2. The average molecular weight is 759 g/mol. The number of hydrogen-bond donors (Lipinski definition) is 2. The first kappa shape index (κ1) is 40.7. The van der Waals surface area contributed by atoms with E-state index in [1.165, 1.54) is 13.8 Å². The van der Waals surface area contributed by atoms with Crippen molar-refractivity contribution in [2.45, 2.75) is 79.3 Å². The molecule has 0 saturated carbocycles. The number of halogens is 5. The largest absolute Gasteiger partial charge is 0.417 e. The molecule has 0 aliphatic rings. The molecule has 18 heteroatoms. The van der Waals surface area contributed by atoms with Gasteiger partial charge in [-0.25, -0.2) is 30.6 Å². The van der Waals surface area contributed by atoms with Crippen molar-refractivity contribution in [2.24, 2.45) is 0 Å². The SMILES string of the molecule is CC(C)(C(=O)Nc1ccc(C(F)(F)F)cn1)S(=O)(=O)c1ccc(F)cc1.CC(C)(C)c1cc(NC(=O)C(C)(C)S(=O)(=O)c2ccc(F)cc2)on1. The van der Waals surface area contributed by atoms with Gasteiger partial charge in [0, 0.05) is 17.7 Å². The van der Waals surface area contributed by atoms with Crippen molar-refractivity contribution in [3.63, 3.8) is 0 Å². The highest BCUT2D eigenvalue weighted by Crippen LogP contribution is 2.31. The van der Waals surface area contributed by atoms with Gasteiger partial charge in [0.05, 0.1) is 21.0 Å². The molecule has 0 unspecified atom stereocenters. The van der Waals surface area contributed by atoms with Gasteiger partial charge < -0.3 is 9.84 Å². The molecule has 0 aliphatic heterocycles. The van der Waals surface area contributed by atoms with Gasteiger partial charge in [0.25, 0.3) is 0 Å². The highest BCUT2D eigenvalue weighted by molar-refractivity contribution is 7.94. The molecule has 0 aliphatic carbocycles. The Labute approximate surface area is 291 Å². The Morgan fingerprint density at radius 1 is 0.667 bits per heavy atom. The fourth-order valence-corrected chi connectivity index (χ4v) is 6.67. The molecule has 2 N–H and O–H groups in total. The normalized spacial score (nSPS) is 12.8. The smallest absolute Gasteiger partial charge is 0.338 e. The number of aromatic nitrogens is 2. The molecule has 2 aromatic heterocycles. The summed E-state index contributed by atoms with van der Waals surface area (Å²) in [5.41, 5.74) is -0.655. The van der Waals surface area contributed by atoms with E-state index in [4.69, 9.17) is 4.52 Å². The van der Waals surface area contributed by atoms with E-state index < -0.39 is 64.4 Å². The molecule has 0 radical (unpaired) electrons. The van der Waals surface area contributed by atoms with Crippen molar-refractivity contribution in [2.75, 3.05) is 10.6 Å². The molecule has 2 aromatic carbocycles. The first-order valence-electron chi connectivity index (χ1n) is 14.8. The van der Waals surface area contributed by atoms with Crippen molar-refractivity contribution in [3.8, 4) is 0 Å². The zero-order chi connectivity index (χ0) is 38.8. The number of anilines is 2. The summed E-state index contributed by atoms with van der Waals surface area (Å²) in [5.74, 6) is -3.12. The number of carbonyl (C=O) groups excluding carboxylic acids is 2. The summed E-state index contributed by atoms with van der Waals surface area (Å²) in [6.45, 7) is 10.6. The van der Waals surface area contributed by atoms with Crippen molar-refractivity contribution >= 4 is 43.2 Å². The standard InChI is InChI=1S/C17H21FN2O4S.C16H14F4N2O3S/c1-16(2,3)13-10-14(24-20-13)19-15(21)17(4,5)25(22,23)12-8-6-11(18)7-9-12;1-15(2,26(24,25)12-6-4-11(17)5-7-12)14(23)22-13-8-3-10(9-21-13)16(18,19)20/h6-10H,1-5H3,(H,19,21);3-9H,1-2H3,(H,21,22,23). The number of benzene rings is 2. The van der Waals surface area contributed by atoms with Gasteiger partial charge in [0.2, 0.25) is 17.7 Å². The van der Waals surface area contributed by atoms with Gasteiger partial charge in [-0.15, -0.1) is 0 Å². The molecular weight excluding hydrogens is 724 g/mol. The third kappa shape index (κ3) is 9.15. The van der Waals surface area contributed by atoms with Crippen molar-refractivity contribution < 1.29 is 52.9 Å². The van der Waals surface area contributed by atoms with Crippen LogP contribution in [0.1, 0.15) is 59.7 Å². The van der Waals surface area contributed by atoms with Gasteiger partial charge in [-0.2, -0.15) is 13.2 Å². The quantitative estimate of drug-likeness (QED) is 0.146. The third-order valence-electron chi connectivity index (χ3n) is 7.53. The topological polar surface area (TPSA) is 165 Å². The molecule has 276 valence electrons. The lowest BCUT2D eigenvalue weighted by atomic mass is 9.92. The molecule has 0 saturated heterocycles. The zero-order valence-electron chi connectivity index (χ0n) is 28.4. The minimum Gasteiger partial charge on any atom is -0.338 e. The Morgan fingerprint density at radius 2 is 1.10 bits per heavy atom. The van der Waals surface area contributed by atoms with Gasteiger partial charge >= 0.3 is 6.18 Å². The van der Waals surface area contributed by atoms with Crippen LogP contribution in [-0.2, 0) is 40.9 Å². The highest BCUT2D eigenvalue weighted by Gasteiger charge is 2.44. The van der Waals surface area contributed by atoms with Gasteiger partial charge in [-0.05, 0) is 88.4 Å².